The molecule has 0 saturated heterocycles. The van der Waals surface area contributed by atoms with Crippen LogP contribution >= 0.6 is 22.9 Å². The van der Waals surface area contributed by atoms with Gasteiger partial charge in [-0.3, -0.25) is 9.58 Å². The third-order valence-corrected chi connectivity index (χ3v) is 7.46. The van der Waals surface area contributed by atoms with Gasteiger partial charge in [0.15, 0.2) is 0 Å². The predicted molar refractivity (Wildman–Crippen MR) is 143 cm³/mol. The molecule has 0 aliphatic carbocycles. The van der Waals surface area contributed by atoms with Crippen molar-refractivity contribution in [2.45, 2.75) is 6.54 Å². The Kier molecular flexibility index (Phi) is 7.59. The van der Waals surface area contributed by atoms with E-state index >= 15 is 0 Å². The average molecular weight is 529 g/mol. The normalized spacial score (nSPS) is 11.9. The van der Waals surface area contributed by atoms with E-state index in [1.807, 2.05) is 10.7 Å². The first kappa shape index (κ1) is 24.8. The van der Waals surface area contributed by atoms with E-state index in [4.69, 9.17) is 26.2 Å². The maximum Gasteiger partial charge on any atom is 0.143 e. The Labute approximate surface area is 216 Å². The summed E-state index contributed by atoms with van der Waals surface area (Å²) in [6, 6.07) is 8.60. The zero-order valence-corrected chi connectivity index (χ0v) is 21.6. The molecule has 0 spiro atoms. The number of rotatable bonds is 11. The van der Waals surface area contributed by atoms with Gasteiger partial charge in [-0.2, -0.15) is 5.10 Å². The molecule has 2 aromatic carbocycles. The monoisotopic (exact) mass is 528 g/mol. The molecule has 188 valence electrons. The predicted octanol–water partition coefficient (Wildman–Crippen LogP) is 5.33. The van der Waals surface area contributed by atoms with E-state index in [9.17, 15) is 4.39 Å². The molecule has 0 aliphatic rings. The van der Waals surface area contributed by atoms with Gasteiger partial charge >= 0.3 is 0 Å². The van der Waals surface area contributed by atoms with Gasteiger partial charge in [0.1, 0.15) is 22.8 Å². The minimum absolute atomic E-state index is 0.0533. The minimum Gasteiger partial charge on any atom is -0.383 e. The minimum atomic E-state index is -0.462. The Morgan fingerprint density at radius 1 is 1.06 bits per heavy atom. The lowest BCUT2D eigenvalue weighted by atomic mass is 10.1. The number of hydrogen-bond donors (Lipinski definition) is 1. The van der Waals surface area contributed by atoms with Crippen molar-refractivity contribution in [1.82, 2.24) is 24.6 Å². The highest BCUT2D eigenvalue weighted by atomic mass is 35.5. The van der Waals surface area contributed by atoms with Crippen LogP contribution in [0.15, 0.2) is 42.9 Å². The van der Waals surface area contributed by atoms with Crippen molar-refractivity contribution in [3.8, 4) is 0 Å². The van der Waals surface area contributed by atoms with Crippen LogP contribution in [0, 0.1) is 5.82 Å². The fourth-order valence-corrected chi connectivity index (χ4v) is 5.48. The smallest absolute Gasteiger partial charge is 0.143 e. The van der Waals surface area contributed by atoms with E-state index in [-0.39, 0.29) is 5.02 Å². The van der Waals surface area contributed by atoms with Crippen molar-refractivity contribution in [3.05, 3.63) is 53.7 Å². The molecule has 0 atom stereocenters. The molecule has 8 nitrogen and oxygen atoms in total. The van der Waals surface area contributed by atoms with Crippen molar-refractivity contribution < 1.29 is 13.9 Å². The summed E-state index contributed by atoms with van der Waals surface area (Å²) in [5.41, 5.74) is 1.59. The molecule has 0 fully saturated rings. The van der Waals surface area contributed by atoms with E-state index in [1.54, 1.807) is 37.7 Å². The van der Waals surface area contributed by atoms with Gasteiger partial charge in [0.2, 0.25) is 0 Å². The molecule has 0 aliphatic heterocycles. The van der Waals surface area contributed by atoms with Crippen LogP contribution in [0.3, 0.4) is 0 Å². The fraction of sp³-hybridized carbons (Fsp3) is 0.320. The highest BCUT2D eigenvalue weighted by Gasteiger charge is 2.16. The van der Waals surface area contributed by atoms with Gasteiger partial charge in [0, 0.05) is 61.2 Å². The quantitative estimate of drug-likeness (QED) is 0.248. The standard InChI is InChI=1S/C25H26ClFN6O2S/c1-34-11-9-32(10-12-35-2)7-8-33-14-18-21(31-33)6-4-17-22-24(28-15-29-25(22)36-23(17)18)30-16-3-5-20(27)19(26)13-16/h3-6,13-15H,7-12H2,1-2H3,(H,28,29,30). The van der Waals surface area contributed by atoms with Crippen molar-refractivity contribution in [1.29, 1.82) is 0 Å². The maximum absolute atomic E-state index is 13.6. The van der Waals surface area contributed by atoms with Crippen molar-refractivity contribution in [3.63, 3.8) is 0 Å². The second-order valence-corrected chi connectivity index (χ2v) is 9.76. The number of nitrogens with one attached hydrogen (secondary N) is 1. The number of hydrogen-bond acceptors (Lipinski definition) is 8. The Hall–Kier alpha value is -2.89. The molecular formula is C25H26ClFN6O2S. The number of thiophene rings is 1. The first-order valence-electron chi connectivity index (χ1n) is 11.5. The summed E-state index contributed by atoms with van der Waals surface area (Å²) in [4.78, 5) is 12.1. The molecule has 11 heteroatoms. The summed E-state index contributed by atoms with van der Waals surface area (Å²) < 4.78 is 27.2. The molecule has 3 aromatic heterocycles. The molecule has 0 amide bonds. The topological polar surface area (TPSA) is 77.3 Å². The molecule has 36 heavy (non-hydrogen) atoms. The van der Waals surface area contributed by atoms with Crippen LogP contribution in [0.1, 0.15) is 0 Å². The van der Waals surface area contributed by atoms with Crippen molar-refractivity contribution in [2.75, 3.05) is 52.4 Å². The van der Waals surface area contributed by atoms with Crippen LogP contribution in [0.2, 0.25) is 5.02 Å². The fourth-order valence-electron chi connectivity index (χ4n) is 4.15. The zero-order valence-electron chi connectivity index (χ0n) is 20.0. The SMILES string of the molecule is COCCN(CCOC)CCn1cc2c(ccc3c2sc2ncnc(Nc4ccc(F)c(Cl)c4)c23)n1. The molecule has 0 saturated carbocycles. The van der Waals surface area contributed by atoms with Crippen LogP contribution in [0.4, 0.5) is 15.9 Å². The molecule has 1 N–H and O–H groups in total. The van der Waals surface area contributed by atoms with Crippen molar-refractivity contribution >= 4 is 65.6 Å². The lowest BCUT2D eigenvalue weighted by Gasteiger charge is -2.21. The average Bonchev–Trinajstić information content (AvgIpc) is 3.47. The molecule has 3 heterocycles. The highest BCUT2D eigenvalue weighted by molar-refractivity contribution is 7.26. The Morgan fingerprint density at radius 2 is 1.86 bits per heavy atom. The zero-order chi connectivity index (χ0) is 25.1. The third kappa shape index (κ3) is 5.14. The van der Waals surface area contributed by atoms with E-state index in [0.29, 0.717) is 24.7 Å². The maximum atomic E-state index is 13.6. The summed E-state index contributed by atoms with van der Waals surface area (Å²) in [6.07, 6.45) is 3.62. The van der Waals surface area contributed by atoms with E-state index < -0.39 is 5.82 Å². The number of anilines is 2. The lowest BCUT2D eigenvalue weighted by molar-refractivity contribution is 0.111. The molecule has 0 bridgehead atoms. The number of fused-ring (bicyclic) bond motifs is 5. The largest absolute Gasteiger partial charge is 0.383 e. The molecule has 0 radical (unpaired) electrons. The Balaban J connectivity index is 1.45. The van der Waals surface area contributed by atoms with E-state index in [0.717, 1.165) is 57.4 Å². The van der Waals surface area contributed by atoms with Gasteiger partial charge in [0.05, 0.1) is 35.7 Å². The van der Waals surface area contributed by atoms with Gasteiger partial charge in [-0.05, 0) is 24.3 Å². The first-order valence-corrected chi connectivity index (χ1v) is 12.7. The molecule has 5 rings (SSSR count). The van der Waals surface area contributed by atoms with E-state index in [1.165, 1.54) is 12.4 Å². The number of halogens is 2. The second kappa shape index (κ2) is 11.0. The molecule has 0 unspecified atom stereocenters. The molecule has 5 aromatic rings. The Morgan fingerprint density at radius 3 is 2.61 bits per heavy atom. The molecular weight excluding hydrogens is 503 g/mol. The lowest BCUT2D eigenvalue weighted by Crippen LogP contribution is -2.33. The van der Waals surface area contributed by atoms with Crippen LogP contribution in [0.25, 0.3) is 31.2 Å². The van der Waals surface area contributed by atoms with Gasteiger partial charge in [-0.15, -0.1) is 11.3 Å². The summed E-state index contributed by atoms with van der Waals surface area (Å²) in [6.45, 7) is 4.63. The van der Waals surface area contributed by atoms with Gasteiger partial charge in [-0.1, -0.05) is 17.7 Å². The second-order valence-electron chi connectivity index (χ2n) is 8.35. The van der Waals surface area contributed by atoms with Crippen LogP contribution in [-0.2, 0) is 16.0 Å². The third-order valence-electron chi connectivity index (χ3n) is 6.02. The van der Waals surface area contributed by atoms with Crippen LogP contribution in [-0.4, -0.2) is 71.7 Å². The number of benzene rings is 2. The summed E-state index contributed by atoms with van der Waals surface area (Å²) in [5.74, 6) is 0.184. The Bertz CT molecular complexity index is 1500. The number of ether oxygens (including phenoxy) is 2. The van der Waals surface area contributed by atoms with Gasteiger partial charge < -0.3 is 14.8 Å². The van der Waals surface area contributed by atoms with E-state index in [2.05, 4.69) is 32.4 Å². The summed E-state index contributed by atoms with van der Waals surface area (Å²) >= 11 is 7.57. The van der Waals surface area contributed by atoms with Crippen LogP contribution < -0.4 is 5.32 Å². The highest BCUT2D eigenvalue weighted by Crippen LogP contribution is 2.40. The first-order chi connectivity index (χ1) is 17.6. The number of aromatic nitrogens is 4. The van der Waals surface area contributed by atoms with Gasteiger partial charge in [0.25, 0.3) is 0 Å². The number of methoxy groups -OCH3 is 2. The number of nitrogens with zero attached hydrogens (tertiary/aromatic N) is 5. The van der Waals surface area contributed by atoms with Crippen LogP contribution in [0.5, 0.6) is 0 Å². The summed E-state index contributed by atoms with van der Waals surface area (Å²) in [5, 5.41) is 11.2. The van der Waals surface area contributed by atoms with Crippen molar-refractivity contribution in [2.24, 2.45) is 0 Å². The summed E-state index contributed by atoms with van der Waals surface area (Å²) in [7, 11) is 3.43. The van der Waals surface area contributed by atoms with Gasteiger partial charge in [-0.25, -0.2) is 14.4 Å².